The molecule has 26 heavy (non-hydrogen) atoms. The van der Waals surface area contributed by atoms with Crippen LogP contribution >= 0.6 is 22.6 Å². The molecule has 9 heteroatoms. The lowest BCUT2D eigenvalue weighted by atomic mass is 10.2. The van der Waals surface area contributed by atoms with Crippen LogP contribution < -0.4 is 10.0 Å². The van der Waals surface area contributed by atoms with E-state index in [2.05, 4.69) is 15.0 Å². The van der Waals surface area contributed by atoms with Crippen LogP contribution in [-0.2, 0) is 10.0 Å². The van der Waals surface area contributed by atoms with Crippen LogP contribution in [0.2, 0.25) is 0 Å². The third-order valence-electron chi connectivity index (χ3n) is 3.71. The number of sulfonamides is 1. The van der Waals surface area contributed by atoms with Crippen molar-refractivity contribution in [1.29, 1.82) is 0 Å². The molecule has 2 N–H and O–H groups in total. The van der Waals surface area contributed by atoms with Gasteiger partial charge >= 0.3 is 0 Å². The summed E-state index contributed by atoms with van der Waals surface area (Å²) in [4.78, 5) is 16.4. The van der Waals surface area contributed by atoms with Gasteiger partial charge in [-0.3, -0.25) is 14.5 Å². The summed E-state index contributed by atoms with van der Waals surface area (Å²) in [5.74, 6) is -0.576. The number of benzene rings is 2. The molecule has 136 valence electrons. The number of nitrogens with one attached hydrogen (secondary N) is 2. The maximum atomic E-state index is 13.6. The second kappa shape index (κ2) is 7.70. The first-order valence-electron chi connectivity index (χ1n) is 7.78. The monoisotopic (exact) mass is 487 g/mol. The first-order chi connectivity index (χ1) is 12.3. The van der Waals surface area contributed by atoms with Crippen molar-refractivity contribution in [2.75, 3.05) is 11.9 Å². The van der Waals surface area contributed by atoms with E-state index in [0.717, 1.165) is 12.5 Å². The Morgan fingerprint density at radius 3 is 2.69 bits per heavy atom. The molecule has 0 atom stereocenters. The summed E-state index contributed by atoms with van der Waals surface area (Å²) in [7, 11) is -3.77. The van der Waals surface area contributed by atoms with E-state index < -0.39 is 21.7 Å². The van der Waals surface area contributed by atoms with E-state index in [1.54, 1.807) is 6.07 Å². The predicted octanol–water partition coefficient (Wildman–Crippen LogP) is 3.15. The van der Waals surface area contributed by atoms with E-state index in [4.69, 9.17) is 0 Å². The van der Waals surface area contributed by atoms with Gasteiger partial charge in [0, 0.05) is 27.8 Å². The van der Waals surface area contributed by atoms with Crippen LogP contribution in [0.25, 0.3) is 0 Å². The first kappa shape index (κ1) is 18.8. The largest absolute Gasteiger partial charge is 0.322 e. The summed E-state index contributed by atoms with van der Waals surface area (Å²) >= 11 is 1.83. The molecule has 0 bridgehead atoms. The zero-order valence-electron chi connectivity index (χ0n) is 13.5. The number of hydrogen-bond acceptors (Lipinski definition) is 4. The van der Waals surface area contributed by atoms with Gasteiger partial charge in [0.2, 0.25) is 0 Å². The van der Waals surface area contributed by atoms with Crippen molar-refractivity contribution in [2.45, 2.75) is 17.7 Å². The minimum atomic E-state index is -3.77. The lowest BCUT2D eigenvalue weighted by molar-refractivity contribution is 0.102. The minimum Gasteiger partial charge on any atom is -0.322 e. The van der Waals surface area contributed by atoms with Crippen LogP contribution in [0.15, 0.2) is 52.4 Å². The van der Waals surface area contributed by atoms with Crippen molar-refractivity contribution < 1.29 is 17.6 Å². The lowest BCUT2D eigenvalue weighted by Crippen LogP contribution is -2.29. The van der Waals surface area contributed by atoms with Crippen LogP contribution in [0.1, 0.15) is 23.2 Å². The molecule has 2 aromatic carbocycles. The SMILES string of the molecule is O=C(Nc1cccc(S(=O)(=O)NC2=NCCC2)c1)c1ccc(I)c(F)c1. The van der Waals surface area contributed by atoms with Crippen LogP contribution in [0.4, 0.5) is 10.1 Å². The van der Waals surface area contributed by atoms with Gasteiger partial charge in [0.15, 0.2) is 0 Å². The molecule has 0 aliphatic carbocycles. The fourth-order valence-corrected chi connectivity index (χ4v) is 3.89. The van der Waals surface area contributed by atoms with Crippen molar-refractivity contribution in [2.24, 2.45) is 4.99 Å². The number of amidine groups is 1. The third kappa shape index (κ3) is 4.39. The molecule has 0 saturated carbocycles. The van der Waals surface area contributed by atoms with Crippen molar-refractivity contribution in [3.63, 3.8) is 0 Å². The van der Waals surface area contributed by atoms with E-state index in [1.165, 1.54) is 30.3 Å². The number of carbonyl (C=O) groups is 1. The summed E-state index contributed by atoms with van der Waals surface area (Å²) in [5, 5.41) is 2.58. The number of nitrogens with zero attached hydrogens (tertiary/aromatic N) is 1. The zero-order chi connectivity index (χ0) is 18.7. The van der Waals surface area contributed by atoms with Gasteiger partial charge in [-0.05, 0) is 65.4 Å². The highest BCUT2D eigenvalue weighted by molar-refractivity contribution is 14.1. The standard InChI is InChI=1S/C17H15FIN3O3S/c18-14-9-11(6-7-15(14)19)17(23)21-12-3-1-4-13(10-12)26(24,25)22-16-5-2-8-20-16/h1,3-4,6-7,9-10H,2,5,8H2,(H,20,22)(H,21,23). The number of rotatable bonds is 4. The topological polar surface area (TPSA) is 87.6 Å². The summed E-state index contributed by atoms with van der Waals surface area (Å²) < 4.78 is 41.3. The second-order valence-corrected chi connectivity index (χ2v) is 8.49. The minimum absolute atomic E-state index is 0.0127. The maximum absolute atomic E-state index is 13.6. The number of amides is 1. The molecule has 3 rings (SSSR count). The summed E-state index contributed by atoms with van der Waals surface area (Å²) in [6.45, 7) is 0.612. The Hall–Kier alpha value is -2.01. The molecule has 0 radical (unpaired) electrons. The predicted molar refractivity (Wildman–Crippen MR) is 105 cm³/mol. The van der Waals surface area contributed by atoms with Gasteiger partial charge in [-0.1, -0.05) is 6.07 Å². The van der Waals surface area contributed by atoms with Crippen molar-refractivity contribution >= 4 is 50.0 Å². The van der Waals surface area contributed by atoms with Gasteiger partial charge in [0.1, 0.15) is 11.7 Å². The fourth-order valence-electron chi connectivity index (χ4n) is 2.42. The first-order valence-corrected chi connectivity index (χ1v) is 10.3. The van der Waals surface area contributed by atoms with E-state index in [0.29, 0.717) is 28.1 Å². The van der Waals surface area contributed by atoms with Gasteiger partial charge in [0.05, 0.1) is 4.90 Å². The molecule has 0 fully saturated rings. The second-order valence-electron chi connectivity index (χ2n) is 5.65. The molecule has 0 spiro atoms. The van der Waals surface area contributed by atoms with E-state index >= 15 is 0 Å². The summed E-state index contributed by atoms with van der Waals surface area (Å²) in [6.07, 6.45) is 1.41. The highest BCUT2D eigenvalue weighted by Crippen LogP contribution is 2.18. The van der Waals surface area contributed by atoms with Crippen LogP contribution in [0.5, 0.6) is 0 Å². The molecule has 1 heterocycles. The molecule has 0 unspecified atom stereocenters. The molecular formula is C17H15FIN3O3S. The normalized spacial score (nSPS) is 14.0. The quantitative estimate of drug-likeness (QED) is 0.650. The summed E-state index contributed by atoms with van der Waals surface area (Å²) in [5.41, 5.74) is 0.444. The third-order valence-corrected chi connectivity index (χ3v) is 5.96. The molecule has 1 aliphatic heterocycles. The Kier molecular flexibility index (Phi) is 5.56. The van der Waals surface area contributed by atoms with E-state index in [9.17, 15) is 17.6 Å². The number of halogens is 2. The maximum Gasteiger partial charge on any atom is 0.262 e. The highest BCUT2D eigenvalue weighted by Gasteiger charge is 2.19. The highest BCUT2D eigenvalue weighted by atomic mass is 127. The van der Waals surface area contributed by atoms with Crippen molar-refractivity contribution in [3.05, 3.63) is 57.4 Å². The zero-order valence-corrected chi connectivity index (χ0v) is 16.5. The van der Waals surface area contributed by atoms with Gasteiger partial charge in [-0.2, -0.15) is 0 Å². The lowest BCUT2D eigenvalue weighted by Gasteiger charge is -2.10. The molecule has 0 saturated heterocycles. The van der Waals surface area contributed by atoms with Crippen molar-refractivity contribution in [3.8, 4) is 0 Å². The average Bonchev–Trinajstić information content (AvgIpc) is 3.10. The fraction of sp³-hybridized carbons (Fsp3) is 0.176. The molecule has 6 nitrogen and oxygen atoms in total. The Labute approximate surface area is 164 Å². The molecular weight excluding hydrogens is 472 g/mol. The van der Waals surface area contributed by atoms with Gasteiger partial charge in [0.25, 0.3) is 15.9 Å². The molecule has 2 aromatic rings. The summed E-state index contributed by atoms with van der Waals surface area (Å²) in [6, 6.07) is 10.00. The van der Waals surface area contributed by atoms with Crippen molar-refractivity contribution in [1.82, 2.24) is 4.72 Å². The van der Waals surface area contributed by atoms with Gasteiger partial charge in [-0.15, -0.1) is 0 Å². The Morgan fingerprint density at radius 1 is 1.19 bits per heavy atom. The van der Waals surface area contributed by atoms with Gasteiger partial charge in [-0.25, -0.2) is 12.8 Å². The molecule has 0 aromatic heterocycles. The number of hydrogen-bond donors (Lipinski definition) is 2. The average molecular weight is 487 g/mol. The Balaban J connectivity index is 1.78. The Bertz CT molecular complexity index is 992. The van der Waals surface area contributed by atoms with Crippen LogP contribution in [0.3, 0.4) is 0 Å². The molecule has 1 aliphatic rings. The van der Waals surface area contributed by atoms with Gasteiger partial charge < -0.3 is 5.32 Å². The van der Waals surface area contributed by atoms with E-state index in [1.807, 2.05) is 22.6 Å². The smallest absolute Gasteiger partial charge is 0.262 e. The van der Waals surface area contributed by atoms with Crippen LogP contribution in [0, 0.1) is 9.39 Å². The number of aliphatic imine (C=N–C) groups is 1. The van der Waals surface area contributed by atoms with E-state index in [-0.39, 0.29) is 10.5 Å². The Morgan fingerprint density at radius 2 is 2.00 bits per heavy atom. The molecule has 1 amide bonds. The van der Waals surface area contributed by atoms with Crippen LogP contribution in [-0.4, -0.2) is 26.7 Å². The number of carbonyl (C=O) groups excluding carboxylic acids is 1. The number of anilines is 1.